The molecular formula is C34H44N2O11. The van der Waals surface area contributed by atoms with Crippen LogP contribution in [0.2, 0.25) is 0 Å². The maximum absolute atomic E-state index is 12.4. The molecule has 13 heteroatoms. The molecule has 0 saturated carbocycles. The fourth-order valence-corrected chi connectivity index (χ4v) is 4.64. The Hall–Kier alpha value is -4.30. The predicted octanol–water partition coefficient (Wildman–Crippen LogP) is 3.06. The van der Waals surface area contributed by atoms with E-state index in [1.54, 1.807) is 12.2 Å². The summed E-state index contributed by atoms with van der Waals surface area (Å²) in [5.41, 5.74) is 4.49. The molecule has 0 fully saturated rings. The fraction of sp³-hybridized carbons (Fsp3) is 0.471. The van der Waals surface area contributed by atoms with Crippen molar-refractivity contribution in [3.8, 4) is 11.1 Å². The zero-order valence-electron chi connectivity index (χ0n) is 26.7. The summed E-state index contributed by atoms with van der Waals surface area (Å²) in [5.74, 6) is -1.87. The number of carbonyl (C=O) groups excluding carboxylic acids is 3. The molecule has 1 atom stereocenters. The van der Waals surface area contributed by atoms with E-state index in [1.807, 2.05) is 36.4 Å². The lowest BCUT2D eigenvalue weighted by molar-refractivity contribution is -0.144. The van der Waals surface area contributed by atoms with Crippen molar-refractivity contribution >= 4 is 23.9 Å². The smallest absolute Gasteiger partial charge is 0.407 e. The number of esters is 1. The number of nitrogens with one attached hydrogen (secondary N) is 2. The van der Waals surface area contributed by atoms with Crippen molar-refractivity contribution in [1.29, 1.82) is 0 Å². The van der Waals surface area contributed by atoms with Crippen molar-refractivity contribution in [3.63, 3.8) is 0 Å². The lowest BCUT2D eigenvalue weighted by atomic mass is 9.98. The summed E-state index contributed by atoms with van der Waals surface area (Å²) >= 11 is 0. The predicted molar refractivity (Wildman–Crippen MR) is 171 cm³/mol. The van der Waals surface area contributed by atoms with Crippen LogP contribution in [0.3, 0.4) is 0 Å². The maximum Gasteiger partial charge on any atom is 0.407 e. The molecule has 3 rings (SSSR count). The van der Waals surface area contributed by atoms with Gasteiger partial charge >= 0.3 is 18.0 Å². The molecule has 13 nitrogen and oxygen atoms in total. The molecular weight excluding hydrogens is 612 g/mol. The highest BCUT2D eigenvalue weighted by molar-refractivity contribution is 5.81. The van der Waals surface area contributed by atoms with Crippen molar-refractivity contribution in [2.24, 2.45) is 0 Å². The van der Waals surface area contributed by atoms with Crippen molar-refractivity contribution in [1.82, 2.24) is 10.6 Å². The van der Waals surface area contributed by atoms with Gasteiger partial charge in [-0.25, -0.2) is 9.59 Å². The standard InChI is InChI=1S/C34H44N2O11/c1-25(36-34(41)47-24-30-28-10-4-2-8-26(28)27-9-3-5-11-29(27)30)33(40)46-16-7-6-15-42-18-20-44-22-23-45-21-19-43-17-13-31(37)35-14-12-32(38)39/h2-11,25,30H,12-24H2,1H3,(H,35,37)(H,36,41)(H,38,39)/b7-6+/t25-/m0/s1. The SMILES string of the molecule is C[C@H](NC(=O)OCC1c2ccccc2-c2ccccc21)C(=O)OC/C=C/COCCOCCOCCOCCC(=O)NCCC(=O)O. The Bertz CT molecular complexity index is 1270. The van der Waals surface area contributed by atoms with E-state index in [-0.39, 0.29) is 51.0 Å². The Balaban J connectivity index is 1.12. The number of alkyl carbamates (subject to hydrolysis) is 1. The first-order valence-electron chi connectivity index (χ1n) is 15.6. The van der Waals surface area contributed by atoms with E-state index >= 15 is 0 Å². The summed E-state index contributed by atoms with van der Waals surface area (Å²) in [6.45, 7) is 4.62. The number of amides is 2. The molecule has 47 heavy (non-hydrogen) atoms. The number of ether oxygens (including phenoxy) is 6. The van der Waals surface area contributed by atoms with Gasteiger partial charge in [-0.3, -0.25) is 9.59 Å². The first-order valence-corrected chi connectivity index (χ1v) is 15.6. The molecule has 2 amide bonds. The van der Waals surface area contributed by atoms with Crippen LogP contribution in [0.4, 0.5) is 4.79 Å². The Kier molecular flexibility index (Phi) is 17.0. The normalized spacial score (nSPS) is 12.7. The average molecular weight is 657 g/mol. The van der Waals surface area contributed by atoms with Crippen LogP contribution in [0.25, 0.3) is 11.1 Å². The van der Waals surface area contributed by atoms with Gasteiger partial charge in [0.15, 0.2) is 0 Å². The summed E-state index contributed by atoms with van der Waals surface area (Å²) in [5, 5.41) is 13.5. The monoisotopic (exact) mass is 656 g/mol. The van der Waals surface area contributed by atoms with E-state index in [9.17, 15) is 19.2 Å². The fourth-order valence-electron chi connectivity index (χ4n) is 4.64. The zero-order chi connectivity index (χ0) is 33.7. The highest BCUT2D eigenvalue weighted by atomic mass is 16.6. The number of rotatable bonds is 23. The van der Waals surface area contributed by atoms with Crippen LogP contribution < -0.4 is 10.6 Å². The van der Waals surface area contributed by atoms with E-state index in [1.165, 1.54) is 6.92 Å². The number of carboxylic acids is 1. The number of hydrogen-bond donors (Lipinski definition) is 3. The topological polar surface area (TPSA) is 168 Å². The minimum absolute atomic E-state index is 0.0381. The van der Waals surface area contributed by atoms with Crippen molar-refractivity contribution < 1.29 is 52.7 Å². The summed E-state index contributed by atoms with van der Waals surface area (Å²) < 4.78 is 32.2. The van der Waals surface area contributed by atoms with Gasteiger partial charge in [-0.2, -0.15) is 0 Å². The molecule has 0 heterocycles. The van der Waals surface area contributed by atoms with Gasteiger partial charge in [-0.1, -0.05) is 54.6 Å². The lowest BCUT2D eigenvalue weighted by Gasteiger charge is -2.16. The van der Waals surface area contributed by atoms with Crippen molar-refractivity contribution in [2.45, 2.75) is 31.7 Å². The molecule has 2 aromatic carbocycles. The molecule has 0 saturated heterocycles. The van der Waals surface area contributed by atoms with Gasteiger partial charge < -0.3 is 44.2 Å². The second-order valence-corrected chi connectivity index (χ2v) is 10.4. The minimum atomic E-state index is -0.961. The number of hydrogen-bond acceptors (Lipinski definition) is 10. The Labute approximate surface area is 274 Å². The van der Waals surface area contributed by atoms with Crippen molar-refractivity contribution in [2.75, 3.05) is 72.6 Å². The number of carboxylic acid groups (broad SMARTS) is 1. The quantitative estimate of drug-likeness (QED) is 0.0914. The molecule has 256 valence electrons. The molecule has 0 unspecified atom stereocenters. The largest absolute Gasteiger partial charge is 0.481 e. The summed E-state index contributed by atoms with van der Waals surface area (Å²) in [6, 6.07) is 15.2. The van der Waals surface area contributed by atoms with Crippen LogP contribution in [0.15, 0.2) is 60.7 Å². The average Bonchev–Trinajstić information content (AvgIpc) is 3.38. The van der Waals surface area contributed by atoms with Crippen LogP contribution in [0, 0.1) is 0 Å². The van der Waals surface area contributed by atoms with E-state index in [0.29, 0.717) is 46.2 Å². The summed E-state index contributed by atoms with van der Waals surface area (Å²) in [7, 11) is 0. The first kappa shape index (κ1) is 37.2. The highest BCUT2D eigenvalue weighted by Crippen LogP contribution is 2.44. The summed E-state index contributed by atoms with van der Waals surface area (Å²) in [4.78, 5) is 46.5. The third-order valence-electron chi connectivity index (χ3n) is 6.98. The van der Waals surface area contributed by atoms with Crippen LogP contribution in [0.1, 0.15) is 36.8 Å². The van der Waals surface area contributed by atoms with E-state index in [0.717, 1.165) is 22.3 Å². The summed E-state index contributed by atoms with van der Waals surface area (Å²) in [6.07, 6.45) is 2.74. The number of aliphatic carboxylic acids is 1. The van der Waals surface area contributed by atoms with E-state index < -0.39 is 24.1 Å². The zero-order valence-corrected chi connectivity index (χ0v) is 26.7. The van der Waals surface area contributed by atoms with Gasteiger partial charge in [-0.15, -0.1) is 0 Å². The van der Waals surface area contributed by atoms with Gasteiger partial charge in [-0.05, 0) is 35.3 Å². The number of benzene rings is 2. The molecule has 1 aliphatic carbocycles. The van der Waals surface area contributed by atoms with Gasteiger partial charge in [0.1, 0.15) is 19.3 Å². The third kappa shape index (κ3) is 13.9. The Morgan fingerprint density at radius 2 is 1.30 bits per heavy atom. The first-order chi connectivity index (χ1) is 22.9. The molecule has 3 N–H and O–H groups in total. The number of fused-ring (bicyclic) bond motifs is 3. The van der Waals surface area contributed by atoms with Gasteiger partial charge in [0, 0.05) is 18.9 Å². The highest BCUT2D eigenvalue weighted by Gasteiger charge is 2.29. The second-order valence-electron chi connectivity index (χ2n) is 10.4. The van der Waals surface area contributed by atoms with Crippen molar-refractivity contribution in [3.05, 3.63) is 71.8 Å². The van der Waals surface area contributed by atoms with E-state index in [4.69, 9.17) is 33.5 Å². The second kappa shape index (κ2) is 21.5. The lowest BCUT2D eigenvalue weighted by Crippen LogP contribution is -2.40. The van der Waals surface area contributed by atoms with Gasteiger partial charge in [0.05, 0.1) is 59.3 Å². The van der Waals surface area contributed by atoms with Gasteiger partial charge in [0.2, 0.25) is 5.91 Å². The molecule has 2 aromatic rings. The number of carbonyl (C=O) groups is 4. The molecule has 0 bridgehead atoms. The maximum atomic E-state index is 12.4. The molecule has 0 aromatic heterocycles. The van der Waals surface area contributed by atoms with Crippen LogP contribution in [-0.4, -0.2) is 108 Å². The molecule has 0 aliphatic heterocycles. The van der Waals surface area contributed by atoms with E-state index in [2.05, 4.69) is 22.8 Å². The molecule has 1 aliphatic rings. The van der Waals surface area contributed by atoms with Crippen LogP contribution in [-0.2, 0) is 42.8 Å². The van der Waals surface area contributed by atoms with Crippen LogP contribution in [0.5, 0.6) is 0 Å². The third-order valence-corrected chi connectivity index (χ3v) is 6.98. The Morgan fingerprint density at radius 1 is 0.745 bits per heavy atom. The molecule has 0 spiro atoms. The van der Waals surface area contributed by atoms with Crippen LogP contribution >= 0.6 is 0 Å². The molecule has 0 radical (unpaired) electrons. The minimum Gasteiger partial charge on any atom is -0.481 e. The van der Waals surface area contributed by atoms with Gasteiger partial charge in [0.25, 0.3) is 0 Å². The Morgan fingerprint density at radius 3 is 1.91 bits per heavy atom.